The molecule has 6 nitrogen and oxygen atoms in total. The van der Waals surface area contributed by atoms with E-state index in [1.807, 2.05) is 0 Å². The number of aromatic amines is 2. The number of rotatable bonds is 0. The van der Waals surface area contributed by atoms with Crippen molar-refractivity contribution in [2.45, 2.75) is 0 Å². The predicted octanol–water partition coefficient (Wildman–Crippen LogP) is -1.01. The summed E-state index contributed by atoms with van der Waals surface area (Å²) in [4.78, 5) is 10.8. The normalized spacial score (nSPS) is 10.4. The molecule has 0 saturated heterocycles. The highest BCUT2D eigenvalue weighted by molar-refractivity contribution is 5.49. The van der Waals surface area contributed by atoms with Gasteiger partial charge in [-0.25, -0.2) is 0 Å². The van der Waals surface area contributed by atoms with Gasteiger partial charge in [0, 0.05) is 6.20 Å². The average molecular weight is 137 g/mol. The summed E-state index contributed by atoms with van der Waals surface area (Å²) in [6.45, 7) is 0. The summed E-state index contributed by atoms with van der Waals surface area (Å²) in [5, 5.41) is 15.2. The van der Waals surface area contributed by atoms with Crippen LogP contribution in [-0.2, 0) is 0 Å². The van der Waals surface area contributed by atoms with Gasteiger partial charge in [0.1, 0.15) is 5.69 Å². The first-order valence-corrected chi connectivity index (χ1v) is 2.63. The van der Waals surface area contributed by atoms with Crippen LogP contribution in [0.5, 0.6) is 0 Å². The first-order valence-electron chi connectivity index (χ1n) is 2.63. The topological polar surface area (TPSA) is 87.3 Å². The highest BCUT2D eigenvalue weighted by Gasteiger charge is 2.09. The van der Waals surface area contributed by atoms with Gasteiger partial charge in [0.2, 0.25) is 0 Å². The molecule has 0 amide bonds. The van der Waals surface area contributed by atoms with Gasteiger partial charge < -0.3 is 5.10 Å². The molecular formula is C4H3N5O. The van der Waals surface area contributed by atoms with Crippen LogP contribution in [0.3, 0.4) is 0 Å². The van der Waals surface area contributed by atoms with Gasteiger partial charge in [-0.3, -0.25) is 9.89 Å². The molecule has 10 heavy (non-hydrogen) atoms. The molecule has 2 aliphatic rings. The van der Waals surface area contributed by atoms with Crippen molar-refractivity contribution < 1.29 is 0 Å². The van der Waals surface area contributed by atoms with Gasteiger partial charge in [-0.1, -0.05) is 0 Å². The summed E-state index contributed by atoms with van der Waals surface area (Å²) in [5.74, 6) is 0. The second kappa shape index (κ2) is 1.63. The lowest BCUT2D eigenvalue weighted by Crippen LogP contribution is -2.10. The van der Waals surface area contributed by atoms with Gasteiger partial charge in [0.15, 0.2) is 5.69 Å². The van der Waals surface area contributed by atoms with E-state index >= 15 is 0 Å². The van der Waals surface area contributed by atoms with E-state index in [0.717, 1.165) is 0 Å². The van der Waals surface area contributed by atoms with E-state index in [2.05, 4.69) is 25.6 Å². The number of fused-ring (bicyclic) bond motifs is 1. The lowest BCUT2D eigenvalue weighted by molar-refractivity contribution is 0.950. The molecule has 0 aliphatic carbocycles. The number of hydrogen-bond donors (Lipinski definition) is 2. The standard InChI is InChI=1S/C4H3N5O/c10-4-3-2(1-5-8-4)6-9-7-3/h1,5H,(H,8,10). The monoisotopic (exact) mass is 137 g/mol. The largest absolute Gasteiger partial charge is 0.303 e. The molecule has 0 radical (unpaired) electrons. The Balaban J connectivity index is 2.93. The first-order chi connectivity index (χ1) is 4.88. The predicted molar refractivity (Wildman–Crippen MR) is 31.4 cm³/mol. The minimum absolute atomic E-state index is 0.263. The molecule has 0 unspecified atom stereocenters. The molecule has 2 rings (SSSR count). The zero-order chi connectivity index (χ0) is 6.97. The molecule has 2 aliphatic heterocycles. The molecule has 0 fully saturated rings. The molecule has 0 aromatic heterocycles. The van der Waals surface area contributed by atoms with Crippen LogP contribution in [-0.4, -0.2) is 25.6 Å². The third kappa shape index (κ3) is 0.524. The summed E-state index contributed by atoms with van der Waals surface area (Å²) in [5.41, 5.74) is 0.435. The fraction of sp³-hybridized carbons (Fsp3) is 0. The highest BCUT2D eigenvalue weighted by Crippen LogP contribution is 2.04. The second-order valence-electron chi connectivity index (χ2n) is 1.77. The van der Waals surface area contributed by atoms with Gasteiger partial charge >= 0.3 is 0 Å². The maximum atomic E-state index is 10.8. The molecule has 0 bridgehead atoms. The maximum absolute atomic E-state index is 10.8. The number of nitrogens with zero attached hydrogens (tertiary/aromatic N) is 3. The minimum atomic E-state index is -0.303. The van der Waals surface area contributed by atoms with Gasteiger partial charge in [0.05, 0.1) is 0 Å². The maximum Gasteiger partial charge on any atom is 0.292 e. The Morgan fingerprint density at radius 2 is 2.30 bits per heavy atom. The molecule has 50 valence electrons. The summed E-state index contributed by atoms with van der Waals surface area (Å²) in [6.07, 6.45) is 1.52. The van der Waals surface area contributed by atoms with Crippen LogP contribution in [0.1, 0.15) is 0 Å². The van der Waals surface area contributed by atoms with E-state index in [4.69, 9.17) is 0 Å². The number of hydrogen-bond acceptors (Lipinski definition) is 4. The molecule has 6 heteroatoms. The zero-order valence-corrected chi connectivity index (χ0v) is 4.83. The van der Waals surface area contributed by atoms with E-state index in [0.29, 0.717) is 5.69 Å². The third-order valence-corrected chi connectivity index (χ3v) is 1.15. The molecule has 2 N–H and O–H groups in total. The molecule has 0 aromatic rings. The van der Waals surface area contributed by atoms with Crippen molar-refractivity contribution in [2.24, 2.45) is 0 Å². The lowest BCUT2D eigenvalue weighted by Gasteiger charge is -1.87. The Labute approximate surface area is 54.6 Å². The summed E-state index contributed by atoms with van der Waals surface area (Å²) < 4.78 is 0. The number of H-pyrrole nitrogens is 2. The first kappa shape index (κ1) is 5.10. The van der Waals surface area contributed by atoms with Crippen LogP contribution in [0.25, 0.3) is 11.4 Å². The van der Waals surface area contributed by atoms with Crippen LogP contribution >= 0.6 is 0 Å². The number of nitrogens with one attached hydrogen (secondary N) is 2. The third-order valence-electron chi connectivity index (χ3n) is 1.15. The van der Waals surface area contributed by atoms with E-state index in [9.17, 15) is 4.79 Å². The van der Waals surface area contributed by atoms with Crippen molar-refractivity contribution in [3.05, 3.63) is 16.6 Å². The molecule has 0 spiro atoms. The van der Waals surface area contributed by atoms with E-state index in [1.165, 1.54) is 6.20 Å². The van der Waals surface area contributed by atoms with E-state index < -0.39 is 0 Å². The lowest BCUT2D eigenvalue weighted by atomic mass is 10.3. The summed E-state index contributed by atoms with van der Waals surface area (Å²) in [7, 11) is 0. The Morgan fingerprint density at radius 3 is 3.10 bits per heavy atom. The van der Waals surface area contributed by atoms with Crippen molar-refractivity contribution in [3.8, 4) is 11.4 Å². The Kier molecular flexibility index (Phi) is 0.830. The van der Waals surface area contributed by atoms with Crippen molar-refractivity contribution in [1.82, 2.24) is 25.6 Å². The van der Waals surface area contributed by atoms with Gasteiger partial charge in [0.25, 0.3) is 5.56 Å². The quantitative estimate of drug-likeness (QED) is 0.487. The van der Waals surface area contributed by atoms with Crippen LogP contribution in [0, 0.1) is 0 Å². The van der Waals surface area contributed by atoms with Gasteiger partial charge in [-0.05, 0) is 5.21 Å². The van der Waals surface area contributed by atoms with Crippen molar-refractivity contribution >= 4 is 0 Å². The second-order valence-corrected chi connectivity index (χ2v) is 1.77. The fourth-order valence-corrected chi connectivity index (χ4v) is 0.702. The highest BCUT2D eigenvalue weighted by atomic mass is 16.1. The van der Waals surface area contributed by atoms with E-state index in [1.54, 1.807) is 0 Å². The van der Waals surface area contributed by atoms with Crippen LogP contribution in [0.4, 0.5) is 0 Å². The fourth-order valence-electron chi connectivity index (χ4n) is 0.702. The van der Waals surface area contributed by atoms with E-state index in [-0.39, 0.29) is 11.3 Å². The summed E-state index contributed by atoms with van der Waals surface area (Å²) >= 11 is 0. The average Bonchev–Trinajstić information content (AvgIpc) is 2.36. The minimum Gasteiger partial charge on any atom is -0.303 e. The molecule has 0 aromatic carbocycles. The molecule has 2 heterocycles. The molecule has 0 atom stereocenters. The van der Waals surface area contributed by atoms with Gasteiger partial charge in [-0.15, -0.1) is 10.2 Å². The zero-order valence-electron chi connectivity index (χ0n) is 4.83. The van der Waals surface area contributed by atoms with Crippen LogP contribution in [0.15, 0.2) is 11.0 Å². The smallest absolute Gasteiger partial charge is 0.292 e. The van der Waals surface area contributed by atoms with Crippen LogP contribution < -0.4 is 5.56 Å². The molecule has 0 saturated carbocycles. The van der Waals surface area contributed by atoms with Crippen LogP contribution in [0.2, 0.25) is 0 Å². The SMILES string of the molecule is O=c1[nH][nH]cc2nnnc1-2. The summed E-state index contributed by atoms with van der Waals surface area (Å²) in [6, 6.07) is 0. The van der Waals surface area contributed by atoms with Gasteiger partial charge in [-0.2, -0.15) is 0 Å². The van der Waals surface area contributed by atoms with Crippen molar-refractivity contribution in [3.63, 3.8) is 0 Å². The Bertz CT molecular complexity index is 362. The van der Waals surface area contributed by atoms with Crippen molar-refractivity contribution in [1.29, 1.82) is 0 Å². The number of aromatic nitrogens is 5. The van der Waals surface area contributed by atoms with Crippen molar-refractivity contribution in [2.75, 3.05) is 0 Å². The Morgan fingerprint density at radius 1 is 1.40 bits per heavy atom. The molecular weight excluding hydrogens is 134 g/mol. The Hall–Kier alpha value is -1.72.